The number of carbonyl (C=O) groups excluding carboxylic acids is 1. The molecule has 0 aliphatic rings. The first-order valence-corrected chi connectivity index (χ1v) is 8.94. The van der Waals surface area contributed by atoms with E-state index in [0.717, 1.165) is 26.1 Å². The second kappa shape index (κ2) is 9.38. The van der Waals surface area contributed by atoms with Crippen LogP contribution >= 0.6 is 0 Å². The van der Waals surface area contributed by atoms with Crippen LogP contribution in [0.15, 0.2) is 60.7 Å². The van der Waals surface area contributed by atoms with Crippen molar-refractivity contribution in [1.82, 2.24) is 4.90 Å². The van der Waals surface area contributed by atoms with Gasteiger partial charge in [-0.25, -0.2) is 0 Å². The molecule has 2 rings (SSSR count). The van der Waals surface area contributed by atoms with Crippen LogP contribution in [0, 0.1) is 0 Å². The SMILES string of the molecule is CC(C)(C)OC(=O)CCCN(Cc1ccccc1)Cc1ccccc1. The van der Waals surface area contributed by atoms with Gasteiger partial charge in [-0.1, -0.05) is 60.7 Å². The first kappa shape index (κ1) is 19.2. The summed E-state index contributed by atoms with van der Waals surface area (Å²) in [6, 6.07) is 20.9. The first-order chi connectivity index (χ1) is 11.9. The molecule has 3 nitrogen and oxygen atoms in total. The standard InChI is InChI=1S/C22H29NO2/c1-22(2,3)25-21(24)15-10-16-23(17-19-11-6-4-7-12-19)18-20-13-8-5-9-14-20/h4-9,11-14H,10,15-18H2,1-3H3. The summed E-state index contributed by atoms with van der Waals surface area (Å²) in [5.74, 6) is -0.119. The Morgan fingerprint density at radius 3 is 1.80 bits per heavy atom. The van der Waals surface area contributed by atoms with Crippen LogP contribution < -0.4 is 0 Å². The van der Waals surface area contributed by atoms with Crippen LogP contribution in [0.25, 0.3) is 0 Å². The van der Waals surface area contributed by atoms with Crippen LogP contribution in [0.1, 0.15) is 44.7 Å². The predicted molar refractivity (Wildman–Crippen MR) is 102 cm³/mol. The molecule has 25 heavy (non-hydrogen) atoms. The lowest BCUT2D eigenvalue weighted by Gasteiger charge is -2.23. The Morgan fingerprint density at radius 1 is 0.880 bits per heavy atom. The van der Waals surface area contributed by atoms with Gasteiger partial charge in [-0.15, -0.1) is 0 Å². The molecular formula is C22H29NO2. The maximum absolute atomic E-state index is 11.9. The van der Waals surface area contributed by atoms with E-state index in [2.05, 4.69) is 53.4 Å². The average molecular weight is 339 g/mol. The van der Waals surface area contributed by atoms with Crippen molar-refractivity contribution in [1.29, 1.82) is 0 Å². The van der Waals surface area contributed by atoms with Crippen molar-refractivity contribution in [2.75, 3.05) is 6.54 Å². The molecule has 0 aliphatic carbocycles. The molecule has 0 heterocycles. The summed E-state index contributed by atoms with van der Waals surface area (Å²) in [4.78, 5) is 14.3. The van der Waals surface area contributed by atoms with Gasteiger partial charge in [0.2, 0.25) is 0 Å². The fourth-order valence-electron chi connectivity index (χ4n) is 2.74. The molecule has 0 bridgehead atoms. The van der Waals surface area contributed by atoms with E-state index < -0.39 is 5.60 Å². The zero-order valence-electron chi connectivity index (χ0n) is 15.6. The lowest BCUT2D eigenvalue weighted by Crippen LogP contribution is -2.26. The van der Waals surface area contributed by atoms with Gasteiger partial charge < -0.3 is 4.74 Å². The fraction of sp³-hybridized carbons (Fsp3) is 0.409. The summed E-state index contributed by atoms with van der Waals surface area (Å²) in [5, 5.41) is 0. The molecule has 0 aliphatic heterocycles. The van der Waals surface area contributed by atoms with E-state index in [4.69, 9.17) is 4.74 Å². The third-order valence-corrected chi connectivity index (χ3v) is 3.77. The zero-order valence-corrected chi connectivity index (χ0v) is 15.6. The molecule has 2 aromatic rings. The van der Waals surface area contributed by atoms with Crippen LogP contribution in [0.3, 0.4) is 0 Å². The molecule has 0 saturated carbocycles. The molecule has 0 amide bonds. The number of ether oxygens (including phenoxy) is 1. The molecule has 2 aromatic carbocycles. The van der Waals surface area contributed by atoms with Crippen molar-refractivity contribution in [3.05, 3.63) is 71.8 Å². The van der Waals surface area contributed by atoms with Crippen molar-refractivity contribution >= 4 is 5.97 Å². The van der Waals surface area contributed by atoms with Gasteiger partial charge in [0, 0.05) is 19.5 Å². The van der Waals surface area contributed by atoms with Gasteiger partial charge in [-0.2, -0.15) is 0 Å². The lowest BCUT2D eigenvalue weighted by molar-refractivity contribution is -0.155. The van der Waals surface area contributed by atoms with E-state index >= 15 is 0 Å². The average Bonchev–Trinajstić information content (AvgIpc) is 2.55. The summed E-state index contributed by atoms with van der Waals surface area (Å²) in [6.07, 6.45) is 1.26. The molecule has 0 saturated heterocycles. The summed E-state index contributed by atoms with van der Waals surface area (Å²) in [5.41, 5.74) is 2.16. The van der Waals surface area contributed by atoms with Crippen LogP contribution in [0.4, 0.5) is 0 Å². The minimum atomic E-state index is -0.412. The molecule has 134 valence electrons. The topological polar surface area (TPSA) is 29.5 Å². The van der Waals surface area contributed by atoms with E-state index in [0.29, 0.717) is 6.42 Å². The van der Waals surface area contributed by atoms with Crippen molar-refractivity contribution in [3.8, 4) is 0 Å². The van der Waals surface area contributed by atoms with Gasteiger partial charge in [0.05, 0.1) is 0 Å². The second-order valence-corrected chi connectivity index (χ2v) is 7.37. The monoisotopic (exact) mass is 339 g/mol. The van der Waals surface area contributed by atoms with E-state index in [-0.39, 0.29) is 5.97 Å². The number of hydrogen-bond donors (Lipinski definition) is 0. The van der Waals surface area contributed by atoms with Crippen molar-refractivity contribution in [2.24, 2.45) is 0 Å². The maximum atomic E-state index is 11.9. The molecular weight excluding hydrogens is 310 g/mol. The van der Waals surface area contributed by atoms with Crippen LogP contribution in [-0.4, -0.2) is 23.0 Å². The molecule has 0 spiro atoms. The van der Waals surface area contributed by atoms with Crippen molar-refractivity contribution in [3.63, 3.8) is 0 Å². The van der Waals surface area contributed by atoms with Crippen molar-refractivity contribution < 1.29 is 9.53 Å². The van der Waals surface area contributed by atoms with Crippen LogP contribution in [0.2, 0.25) is 0 Å². The molecule has 0 radical (unpaired) electrons. The van der Waals surface area contributed by atoms with Gasteiger partial charge in [0.15, 0.2) is 0 Å². The number of hydrogen-bond acceptors (Lipinski definition) is 3. The number of benzene rings is 2. The molecule has 3 heteroatoms. The number of nitrogens with zero attached hydrogens (tertiary/aromatic N) is 1. The van der Waals surface area contributed by atoms with E-state index in [1.54, 1.807) is 0 Å². The first-order valence-electron chi connectivity index (χ1n) is 8.94. The normalized spacial score (nSPS) is 11.5. The highest BCUT2D eigenvalue weighted by Gasteiger charge is 2.16. The second-order valence-electron chi connectivity index (χ2n) is 7.37. The Balaban J connectivity index is 1.91. The van der Waals surface area contributed by atoms with Crippen LogP contribution in [0.5, 0.6) is 0 Å². The smallest absolute Gasteiger partial charge is 0.306 e. The van der Waals surface area contributed by atoms with E-state index in [1.807, 2.05) is 32.9 Å². The molecule has 0 fully saturated rings. The minimum absolute atomic E-state index is 0.119. The minimum Gasteiger partial charge on any atom is -0.460 e. The summed E-state index contributed by atoms with van der Waals surface area (Å²) >= 11 is 0. The van der Waals surface area contributed by atoms with Gasteiger partial charge in [-0.05, 0) is 44.9 Å². The predicted octanol–water partition coefficient (Wildman–Crippen LogP) is 4.81. The highest BCUT2D eigenvalue weighted by Crippen LogP contribution is 2.13. The summed E-state index contributed by atoms with van der Waals surface area (Å²) in [7, 11) is 0. The fourth-order valence-corrected chi connectivity index (χ4v) is 2.74. The lowest BCUT2D eigenvalue weighted by atomic mass is 10.1. The Hall–Kier alpha value is -2.13. The largest absolute Gasteiger partial charge is 0.460 e. The number of carbonyl (C=O) groups is 1. The van der Waals surface area contributed by atoms with Gasteiger partial charge in [0.1, 0.15) is 5.60 Å². The molecule has 0 aromatic heterocycles. The Kier molecular flexibility index (Phi) is 7.20. The zero-order chi connectivity index (χ0) is 18.1. The number of rotatable bonds is 8. The maximum Gasteiger partial charge on any atom is 0.306 e. The van der Waals surface area contributed by atoms with Gasteiger partial charge >= 0.3 is 5.97 Å². The van der Waals surface area contributed by atoms with E-state index in [9.17, 15) is 4.79 Å². The Labute approximate surface area is 151 Å². The van der Waals surface area contributed by atoms with Gasteiger partial charge in [-0.3, -0.25) is 9.69 Å². The highest BCUT2D eigenvalue weighted by molar-refractivity contribution is 5.69. The Morgan fingerprint density at radius 2 is 1.36 bits per heavy atom. The highest BCUT2D eigenvalue weighted by atomic mass is 16.6. The Bertz CT molecular complexity index is 591. The van der Waals surface area contributed by atoms with E-state index in [1.165, 1.54) is 11.1 Å². The summed E-state index contributed by atoms with van der Waals surface area (Å²) < 4.78 is 5.40. The van der Waals surface area contributed by atoms with Gasteiger partial charge in [0.25, 0.3) is 0 Å². The third kappa shape index (κ3) is 7.99. The van der Waals surface area contributed by atoms with Crippen LogP contribution in [-0.2, 0) is 22.6 Å². The molecule has 0 N–H and O–H groups in total. The summed E-state index contributed by atoms with van der Waals surface area (Å²) in [6.45, 7) is 8.34. The third-order valence-electron chi connectivity index (χ3n) is 3.77. The number of esters is 1. The van der Waals surface area contributed by atoms with Crippen molar-refractivity contribution in [2.45, 2.75) is 52.3 Å². The molecule has 0 atom stereocenters. The quantitative estimate of drug-likeness (QED) is 0.646. The molecule has 0 unspecified atom stereocenters.